The number of thiophene rings is 1. The third-order valence-electron chi connectivity index (χ3n) is 3.66. The van der Waals surface area contributed by atoms with Crippen LogP contribution < -0.4 is 14.8 Å². The second kappa shape index (κ2) is 8.41. The molecule has 3 rings (SSSR count). The number of anilines is 1. The minimum absolute atomic E-state index is 0.175. The second-order valence-corrected chi connectivity index (χ2v) is 6.70. The van der Waals surface area contributed by atoms with Gasteiger partial charge in [-0.2, -0.15) is 5.26 Å². The van der Waals surface area contributed by atoms with Gasteiger partial charge in [0.15, 0.2) is 17.3 Å². The summed E-state index contributed by atoms with van der Waals surface area (Å²) in [5.74, 6) is -0.270. The Kier molecular flexibility index (Phi) is 5.77. The van der Waals surface area contributed by atoms with Crippen molar-refractivity contribution in [1.82, 2.24) is 0 Å². The molecule has 0 aliphatic heterocycles. The third kappa shape index (κ3) is 4.22. The van der Waals surface area contributed by atoms with Gasteiger partial charge in [0, 0.05) is 6.07 Å². The van der Waals surface area contributed by atoms with Crippen LogP contribution in [0.3, 0.4) is 0 Å². The number of amides is 1. The van der Waals surface area contributed by atoms with Crippen LogP contribution in [0.25, 0.3) is 0 Å². The molecule has 8 heteroatoms. The van der Waals surface area contributed by atoms with Gasteiger partial charge in [0.25, 0.3) is 5.91 Å². The molecule has 142 valence electrons. The van der Waals surface area contributed by atoms with Gasteiger partial charge in [0.05, 0.1) is 29.5 Å². The van der Waals surface area contributed by atoms with Crippen molar-refractivity contribution in [1.29, 1.82) is 5.26 Å². The van der Waals surface area contributed by atoms with E-state index in [9.17, 15) is 9.59 Å². The summed E-state index contributed by atoms with van der Waals surface area (Å²) >= 11 is 1.10. The first kappa shape index (κ1) is 19.2. The van der Waals surface area contributed by atoms with E-state index in [1.807, 2.05) is 6.07 Å². The van der Waals surface area contributed by atoms with E-state index in [0.717, 1.165) is 11.3 Å². The van der Waals surface area contributed by atoms with E-state index in [1.54, 1.807) is 38.1 Å². The molecule has 1 N–H and O–H groups in total. The van der Waals surface area contributed by atoms with Crippen LogP contribution in [0.4, 0.5) is 5.00 Å². The maximum absolute atomic E-state index is 12.6. The molecule has 0 spiro atoms. The van der Waals surface area contributed by atoms with Crippen LogP contribution in [-0.2, 0) is 0 Å². The summed E-state index contributed by atoms with van der Waals surface area (Å²) in [5.41, 5.74) is 1.06. The number of ether oxygens (including phenoxy) is 2. The quantitative estimate of drug-likeness (QED) is 0.490. The van der Waals surface area contributed by atoms with Crippen molar-refractivity contribution in [3.05, 3.63) is 64.4 Å². The molecule has 0 fully saturated rings. The number of benzene rings is 1. The van der Waals surface area contributed by atoms with Gasteiger partial charge in [0.2, 0.25) is 0 Å². The number of aryl methyl sites for hydroxylation is 1. The highest BCUT2D eigenvalue weighted by atomic mass is 32.1. The summed E-state index contributed by atoms with van der Waals surface area (Å²) in [7, 11) is 0. The molecule has 2 aromatic heterocycles. The summed E-state index contributed by atoms with van der Waals surface area (Å²) < 4.78 is 16.0. The highest BCUT2D eigenvalue weighted by molar-refractivity contribution is 7.18. The van der Waals surface area contributed by atoms with Gasteiger partial charge >= 0.3 is 5.97 Å². The van der Waals surface area contributed by atoms with Crippen LogP contribution in [-0.4, -0.2) is 18.5 Å². The molecule has 1 amide bonds. The normalized spacial score (nSPS) is 10.2. The molecule has 2 heterocycles. The molecule has 0 unspecified atom stereocenters. The lowest BCUT2D eigenvalue weighted by atomic mass is 10.2. The van der Waals surface area contributed by atoms with Crippen LogP contribution in [0, 0.1) is 18.3 Å². The molecule has 0 aliphatic carbocycles. The summed E-state index contributed by atoms with van der Waals surface area (Å²) in [6.45, 7) is 3.90. The Morgan fingerprint density at radius 1 is 1.25 bits per heavy atom. The van der Waals surface area contributed by atoms with E-state index < -0.39 is 11.9 Å². The number of esters is 1. The number of hydrogen-bond donors (Lipinski definition) is 1. The molecule has 3 aromatic rings. The molecule has 0 saturated heterocycles. The van der Waals surface area contributed by atoms with Crippen LogP contribution in [0.5, 0.6) is 11.5 Å². The SMILES string of the molecule is CCOc1cc(C#N)ccc1OC(=O)c1sc(NC(=O)c2ccco2)cc1C. The molecule has 28 heavy (non-hydrogen) atoms. The molecule has 1 aromatic carbocycles. The minimum atomic E-state index is -0.577. The third-order valence-corrected chi connectivity index (χ3v) is 4.79. The van der Waals surface area contributed by atoms with Gasteiger partial charge in [-0.25, -0.2) is 4.79 Å². The Hall–Kier alpha value is -3.57. The summed E-state index contributed by atoms with van der Waals surface area (Å²) in [4.78, 5) is 25.0. The van der Waals surface area contributed by atoms with Crippen molar-refractivity contribution < 1.29 is 23.5 Å². The van der Waals surface area contributed by atoms with E-state index >= 15 is 0 Å². The lowest BCUT2D eigenvalue weighted by Crippen LogP contribution is -2.10. The number of nitrogens with zero attached hydrogens (tertiary/aromatic N) is 1. The number of furan rings is 1. The Morgan fingerprint density at radius 3 is 2.75 bits per heavy atom. The average molecular weight is 396 g/mol. The molecule has 0 atom stereocenters. The molecule has 0 bridgehead atoms. The first-order valence-electron chi connectivity index (χ1n) is 8.36. The van der Waals surface area contributed by atoms with Crippen molar-refractivity contribution in [3.63, 3.8) is 0 Å². The Morgan fingerprint density at radius 2 is 2.07 bits per heavy atom. The van der Waals surface area contributed by atoms with E-state index in [0.29, 0.717) is 33.4 Å². The summed E-state index contributed by atoms with van der Waals surface area (Å²) in [6.07, 6.45) is 1.41. The van der Waals surface area contributed by atoms with E-state index in [1.165, 1.54) is 18.4 Å². The molecular formula is C20H16N2O5S. The van der Waals surface area contributed by atoms with Crippen molar-refractivity contribution in [2.45, 2.75) is 13.8 Å². The fourth-order valence-corrected chi connectivity index (χ4v) is 3.35. The van der Waals surface area contributed by atoms with Crippen molar-refractivity contribution in [2.75, 3.05) is 11.9 Å². The highest BCUT2D eigenvalue weighted by Gasteiger charge is 2.20. The Bertz CT molecular complexity index is 1050. The molecule has 0 saturated carbocycles. The van der Waals surface area contributed by atoms with Crippen molar-refractivity contribution in [3.8, 4) is 17.6 Å². The number of nitriles is 1. The molecule has 7 nitrogen and oxygen atoms in total. The molecule has 0 radical (unpaired) electrons. The summed E-state index contributed by atoms with van der Waals surface area (Å²) in [6, 6.07) is 11.4. The largest absolute Gasteiger partial charge is 0.490 e. The van der Waals surface area contributed by atoms with Gasteiger partial charge in [-0.05, 0) is 49.7 Å². The average Bonchev–Trinajstić information content (AvgIpc) is 3.33. The van der Waals surface area contributed by atoms with Gasteiger partial charge in [-0.3, -0.25) is 4.79 Å². The minimum Gasteiger partial charge on any atom is -0.490 e. The Labute approximate surface area is 165 Å². The van der Waals surface area contributed by atoms with Crippen LogP contribution in [0.2, 0.25) is 0 Å². The first-order chi connectivity index (χ1) is 13.5. The van der Waals surface area contributed by atoms with Crippen molar-refractivity contribution >= 4 is 28.2 Å². The second-order valence-electron chi connectivity index (χ2n) is 5.65. The zero-order chi connectivity index (χ0) is 20.1. The van der Waals surface area contributed by atoms with Crippen molar-refractivity contribution in [2.24, 2.45) is 0 Å². The van der Waals surface area contributed by atoms with E-state index in [-0.39, 0.29) is 11.5 Å². The summed E-state index contributed by atoms with van der Waals surface area (Å²) in [5, 5.41) is 12.2. The number of carbonyl (C=O) groups is 2. The monoisotopic (exact) mass is 396 g/mol. The smallest absolute Gasteiger partial charge is 0.354 e. The topological polar surface area (TPSA) is 102 Å². The molecule has 0 aliphatic rings. The molecular weight excluding hydrogens is 380 g/mol. The lowest BCUT2D eigenvalue weighted by Gasteiger charge is -2.10. The van der Waals surface area contributed by atoms with Gasteiger partial charge in [-0.15, -0.1) is 11.3 Å². The zero-order valence-electron chi connectivity index (χ0n) is 15.1. The fourth-order valence-electron chi connectivity index (χ4n) is 2.40. The fraction of sp³-hybridized carbons (Fsp3) is 0.150. The lowest BCUT2D eigenvalue weighted by molar-refractivity contribution is 0.0732. The Balaban J connectivity index is 1.77. The predicted octanol–water partition coefficient (Wildman–Crippen LogP) is 4.39. The maximum atomic E-state index is 12.6. The highest BCUT2D eigenvalue weighted by Crippen LogP contribution is 2.32. The van der Waals surface area contributed by atoms with Crippen LogP contribution in [0.1, 0.15) is 38.3 Å². The zero-order valence-corrected chi connectivity index (χ0v) is 16.0. The standard InChI is InChI=1S/C20H16N2O5S/c1-3-25-16-10-13(11-21)6-7-14(16)27-20(24)18-12(2)9-17(28-18)22-19(23)15-5-4-8-26-15/h4-10H,3H2,1-2H3,(H,22,23). The number of hydrogen-bond acceptors (Lipinski definition) is 7. The van der Waals surface area contributed by atoms with Gasteiger partial charge in [-0.1, -0.05) is 0 Å². The first-order valence-corrected chi connectivity index (χ1v) is 9.18. The number of nitrogens with one attached hydrogen (secondary N) is 1. The maximum Gasteiger partial charge on any atom is 0.354 e. The van der Waals surface area contributed by atoms with Gasteiger partial charge in [0.1, 0.15) is 4.88 Å². The van der Waals surface area contributed by atoms with E-state index in [2.05, 4.69) is 5.32 Å². The number of rotatable bonds is 6. The van der Waals surface area contributed by atoms with Gasteiger partial charge < -0.3 is 19.2 Å². The van der Waals surface area contributed by atoms with E-state index in [4.69, 9.17) is 19.2 Å². The van der Waals surface area contributed by atoms with Crippen LogP contribution >= 0.6 is 11.3 Å². The van der Waals surface area contributed by atoms with Crippen LogP contribution in [0.15, 0.2) is 47.1 Å². The number of carbonyl (C=O) groups excluding carboxylic acids is 2. The predicted molar refractivity (Wildman–Crippen MR) is 103 cm³/mol.